The van der Waals surface area contributed by atoms with Crippen molar-refractivity contribution in [2.45, 2.75) is 72.1 Å². The van der Waals surface area contributed by atoms with Crippen molar-refractivity contribution in [1.29, 1.82) is 0 Å². The minimum atomic E-state index is 0.359. The molecule has 0 rings (SSSR count). The molecule has 0 amide bonds. The lowest BCUT2D eigenvalue weighted by Crippen LogP contribution is -1.88. The minimum absolute atomic E-state index is 0.359. The smallest absolute Gasteiger partial charge is 0.0431 e. The van der Waals surface area contributed by atoms with E-state index in [0.29, 0.717) is 13.2 Å². The van der Waals surface area contributed by atoms with Crippen LogP contribution in [0.5, 0.6) is 0 Å². The molecular weight excluding hydrogens is 200 g/mol. The molecule has 0 bridgehead atoms. The Morgan fingerprint density at radius 1 is 0.750 bits per heavy atom. The third kappa shape index (κ3) is 23.6. The van der Waals surface area contributed by atoms with Crippen LogP contribution in [0.4, 0.5) is 0 Å². The molecule has 0 heterocycles. The van der Waals surface area contributed by atoms with Crippen LogP contribution in [-0.2, 0) is 0 Å². The highest BCUT2D eigenvalue weighted by Crippen LogP contribution is 2.06. The highest BCUT2D eigenvalue weighted by Gasteiger charge is 1.92. The molecule has 2 N–H and O–H groups in total. The van der Waals surface area contributed by atoms with Crippen LogP contribution in [0.3, 0.4) is 0 Å². The van der Waals surface area contributed by atoms with E-state index in [9.17, 15) is 0 Å². The van der Waals surface area contributed by atoms with Crippen LogP contribution in [0.2, 0.25) is 0 Å². The minimum Gasteiger partial charge on any atom is -0.396 e. The summed E-state index contributed by atoms with van der Waals surface area (Å²) in [6.07, 6.45) is 9.43. The number of hydrogen-bond acceptors (Lipinski definition) is 2. The van der Waals surface area contributed by atoms with Crippen molar-refractivity contribution in [2.75, 3.05) is 13.2 Å². The van der Waals surface area contributed by atoms with Gasteiger partial charge >= 0.3 is 0 Å². The summed E-state index contributed by atoms with van der Waals surface area (Å²) in [5.41, 5.74) is 0. The Hall–Kier alpha value is -0.0800. The van der Waals surface area contributed by atoms with Crippen LogP contribution in [-0.4, -0.2) is 23.4 Å². The second-order valence-corrected chi connectivity index (χ2v) is 4.75. The van der Waals surface area contributed by atoms with Crippen molar-refractivity contribution in [3.63, 3.8) is 0 Å². The first-order valence-electron chi connectivity index (χ1n) is 6.90. The summed E-state index contributed by atoms with van der Waals surface area (Å²) >= 11 is 0. The van der Waals surface area contributed by atoms with Crippen LogP contribution < -0.4 is 0 Å². The Labute approximate surface area is 102 Å². The van der Waals surface area contributed by atoms with Crippen LogP contribution in [0, 0.1) is 5.92 Å². The number of rotatable bonds is 9. The molecular formula is C14H32O2. The zero-order chi connectivity index (χ0) is 12.6. The van der Waals surface area contributed by atoms with E-state index in [1.807, 2.05) is 0 Å². The third-order valence-electron chi connectivity index (χ3n) is 2.45. The zero-order valence-corrected chi connectivity index (χ0v) is 11.5. The molecule has 0 saturated carbocycles. The molecule has 100 valence electrons. The maximum absolute atomic E-state index is 8.43. The molecule has 2 heteroatoms. The van der Waals surface area contributed by atoms with Gasteiger partial charge in [0.2, 0.25) is 0 Å². The van der Waals surface area contributed by atoms with Crippen LogP contribution in [0.1, 0.15) is 72.1 Å². The molecule has 0 fully saturated rings. The molecule has 0 radical (unpaired) electrons. The maximum atomic E-state index is 8.43. The van der Waals surface area contributed by atoms with Gasteiger partial charge in [-0.05, 0) is 18.8 Å². The Kier molecular flexibility index (Phi) is 19.8. The van der Waals surface area contributed by atoms with E-state index in [4.69, 9.17) is 10.2 Å². The van der Waals surface area contributed by atoms with Crippen molar-refractivity contribution < 1.29 is 10.2 Å². The molecule has 0 aliphatic heterocycles. The Morgan fingerprint density at radius 2 is 1.25 bits per heavy atom. The quantitative estimate of drug-likeness (QED) is 0.594. The van der Waals surface area contributed by atoms with Crippen LogP contribution >= 0.6 is 0 Å². The molecule has 0 spiro atoms. The molecule has 2 nitrogen and oxygen atoms in total. The lowest BCUT2D eigenvalue weighted by Gasteiger charge is -2.01. The van der Waals surface area contributed by atoms with Crippen LogP contribution in [0.15, 0.2) is 0 Å². The second kappa shape index (κ2) is 17.3. The van der Waals surface area contributed by atoms with Gasteiger partial charge in [-0.15, -0.1) is 0 Å². The van der Waals surface area contributed by atoms with Gasteiger partial charge in [-0.2, -0.15) is 0 Å². The van der Waals surface area contributed by atoms with Crippen LogP contribution in [0.25, 0.3) is 0 Å². The monoisotopic (exact) mass is 232 g/mol. The predicted molar refractivity (Wildman–Crippen MR) is 71.6 cm³/mol. The summed E-state index contributed by atoms with van der Waals surface area (Å²) in [5.74, 6) is 0.823. The third-order valence-corrected chi connectivity index (χ3v) is 2.45. The van der Waals surface area contributed by atoms with Gasteiger partial charge in [0.05, 0.1) is 0 Å². The van der Waals surface area contributed by atoms with E-state index in [2.05, 4.69) is 20.8 Å². The van der Waals surface area contributed by atoms with E-state index in [-0.39, 0.29) is 0 Å². The Balaban J connectivity index is 0. The zero-order valence-electron chi connectivity index (χ0n) is 11.5. The van der Waals surface area contributed by atoms with E-state index < -0.39 is 0 Å². The average molecular weight is 232 g/mol. The van der Waals surface area contributed by atoms with Gasteiger partial charge in [0, 0.05) is 13.2 Å². The number of aliphatic hydroxyl groups is 2. The summed E-state index contributed by atoms with van der Waals surface area (Å²) in [6.45, 7) is 7.35. The summed E-state index contributed by atoms with van der Waals surface area (Å²) in [4.78, 5) is 0. The molecule has 0 aromatic rings. The Morgan fingerprint density at radius 3 is 1.62 bits per heavy atom. The lowest BCUT2D eigenvalue weighted by molar-refractivity contribution is 0.281. The van der Waals surface area contributed by atoms with Gasteiger partial charge in [-0.1, -0.05) is 59.3 Å². The molecule has 0 aromatic carbocycles. The number of unbranched alkanes of at least 4 members (excludes halogenated alkanes) is 5. The van der Waals surface area contributed by atoms with E-state index in [0.717, 1.165) is 18.8 Å². The predicted octanol–water partition coefficient (Wildman–Crippen LogP) is 3.75. The van der Waals surface area contributed by atoms with Gasteiger partial charge in [0.15, 0.2) is 0 Å². The van der Waals surface area contributed by atoms with Gasteiger partial charge in [-0.25, -0.2) is 0 Å². The molecule has 0 saturated heterocycles. The molecule has 0 atom stereocenters. The first kappa shape index (κ1) is 18.3. The number of hydrogen-bond donors (Lipinski definition) is 2. The highest BCUT2D eigenvalue weighted by molar-refractivity contribution is 4.45. The molecule has 0 aliphatic rings. The molecule has 0 unspecified atom stereocenters. The molecule has 0 aromatic heterocycles. The Bertz CT molecular complexity index is 98.9. The van der Waals surface area contributed by atoms with Crippen molar-refractivity contribution in [3.8, 4) is 0 Å². The van der Waals surface area contributed by atoms with Crippen molar-refractivity contribution in [2.24, 2.45) is 5.92 Å². The molecule has 0 aliphatic carbocycles. The highest BCUT2D eigenvalue weighted by atomic mass is 16.3. The van der Waals surface area contributed by atoms with E-state index in [1.54, 1.807) is 0 Å². The topological polar surface area (TPSA) is 40.5 Å². The van der Waals surface area contributed by atoms with Crippen molar-refractivity contribution in [3.05, 3.63) is 0 Å². The largest absolute Gasteiger partial charge is 0.396 e. The normalized spacial score (nSPS) is 10.1. The van der Waals surface area contributed by atoms with Gasteiger partial charge in [-0.3, -0.25) is 0 Å². The fraction of sp³-hybridized carbons (Fsp3) is 1.00. The SMILES string of the molecule is CC(C)CCCCCO.CCCCCCO. The number of aliphatic hydroxyl groups excluding tert-OH is 2. The average Bonchev–Trinajstić information content (AvgIpc) is 2.26. The lowest BCUT2D eigenvalue weighted by atomic mass is 10.1. The maximum Gasteiger partial charge on any atom is 0.0431 e. The fourth-order valence-electron chi connectivity index (χ4n) is 1.38. The summed E-state index contributed by atoms with van der Waals surface area (Å²) in [5, 5.41) is 16.7. The summed E-state index contributed by atoms with van der Waals surface area (Å²) in [7, 11) is 0. The molecule has 16 heavy (non-hydrogen) atoms. The standard InChI is InChI=1S/C8H18O.C6H14O/c1-8(2)6-4-3-5-7-9;1-2-3-4-5-6-7/h8-9H,3-7H2,1-2H3;7H,2-6H2,1H3. The second-order valence-electron chi connectivity index (χ2n) is 4.75. The summed E-state index contributed by atoms with van der Waals surface area (Å²) in [6, 6.07) is 0. The van der Waals surface area contributed by atoms with Gasteiger partial charge in [0.1, 0.15) is 0 Å². The first-order valence-corrected chi connectivity index (χ1v) is 6.90. The van der Waals surface area contributed by atoms with Crippen molar-refractivity contribution in [1.82, 2.24) is 0 Å². The van der Waals surface area contributed by atoms with E-state index >= 15 is 0 Å². The first-order chi connectivity index (χ1) is 7.68. The summed E-state index contributed by atoms with van der Waals surface area (Å²) < 4.78 is 0. The van der Waals surface area contributed by atoms with Gasteiger partial charge < -0.3 is 10.2 Å². The van der Waals surface area contributed by atoms with Crippen molar-refractivity contribution >= 4 is 0 Å². The van der Waals surface area contributed by atoms with Gasteiger partial charge in [0.25, 0.3) is 0 Å². The van der Waals surface area contributed by atoms with E-state index in [1.165, 1.54) is 38.5 Å². The fourth-order valence-corrected chi connectivity index (χ4v) is 1.38.